The van der Waals surface area contributed by atoms with E-state index in [0.29, 0.717) is 0 Å². The quantitative estimate of drug-likeness (QED) is 0.172. The van der Waals surface area contributed by atoms with Gasteiger partial charge in [-0.15, -0.1) is 11.3 Å². The van der Waals surface area contributed by atoms with Crippen molar-refractivity contribution in [2.75, 3.05) is 0 Å². The number of nitrogens with zero attached hydrogens (tertiary/aromatic N) is 2. The van der Waals surface area contributed by atoms with Gasteiger partial charge in [0.25, 0.3) is 0 Å². The lowest BCUT2D eigenvalue weighted by atomic mass is 10.00. The molecule has 0 radical (unpaired) electrons. The molecular formula is C52H32N2S. The van der Waals surface area contributed by atoms with Crippen molar-refractivity contribution in [2.24, 2.45) is 0 Å². The van der Waals surface area contributed by atoms with Crippen LogP contribution in [0.3, 0.4) is 0 Å². The molecule has 0 spiro atoms. The lowest BCUT2D eigenvalue weighted by Gasteiger charge is -2.11. The van der Waals surface area contributed by atoms with Gasteiger partial charge in [-0.2, -0.15) is 0 Å². The number of rotatable bonds is 4. The van der Waals surface area contributed by atoms with Crippen LogP contribution in [0.15, 0.2) is 194 Å². The molecule has 3 aromatic heterocycles. The van der Waals surface area contributed by atoms with Gasteiger partial charge in [0, 0.05) is 58.5 Å². The van der Waals surface area contributed by atoms with Crippen molar-refractivity contribution in [3.63, 3.8) is 0 Å². The zero-order valence-electron chi connectivity index (χ0n) is 29.8. The Hall–Kier alpha value is -6.94. The Morgan fingerprint density at radius 1 is 0.291 bits per heavy atom. The third kappa shape index (κ3) is 4.60. The molecule has 3 heterocycles. The summed E-state index contributed by atoms with van der Waals surface area (Å²) in [6.45, 7) is 0. The zero-order chi connectivity index (χ0) is 36.0. The fourth-order valence-electron chi connectivity index (χ4n) is 8.95. The Bertz CT molecular complexity index is 3470. The summed E-state index contributed by atoms with van der Waals surface area (Å²) in [5, 5.41) is 10.2. The summed E-state index contributed by atoms with van der Waals surface area (Å²) in [6, 6.07) is 71.5. The Morgan fingerprint density at radius 2 is 0.855 bits per heavy atom. The SMILES string of the molecule is c1ccc(-c2ccc(-n3c4ccc(-c5ccc6c(c5)c5ccccc5n6-c5ccc6c(c5)sc5ccccc56)cc4c4ccc5ccccc5c43)cc2)cc1. The second-order valence-corrected chi connectivity index (χ2v) is 15.6. The lowest BCUT2D eigenvalue weighted by molar-refractivity contribution is 1.19. The maximum atomic E-state index is 2.45. The van der Waals surface area contributed by atoms with Gasteiger partial charge in [0.05, 0.1) is 22.1 Å². The highest BCUT2D eigenvalue weighted by Gasteiger charge is 2.18. The number of fused-ring (bicyclic) bond motifs is 11. The molecule has 55 heavy (non-hydrogen) atoms. The number of benzene rings is 9. The largest absolute Gasteiger partial charge is 0.309 e. The highest BCUT2D eigenvalue weighted by Crippen LogP contribution is 2.41. The fraction of sp³-hybridized carbons (Fsp3) is 0. The molecule has 12 rings (SSSR count). The highest BCUT2D eigenvalue weighted by molar-refractivity contribution is 7.25. The molecule has 0 N–H and O–H groups in total. The maximum Gasteiger partial charge on any atom is 0.0619 e. The summed E-state index contributed by atoms with van der Waals surface area (Å²) < 4.78 is 7.53. The van der Waals surface area contributed by atoms with Crippen LogP contribution in [0, 0.1) is 0 Å². The number of hydrogen-bond acceptors (Lipinski definition) is 1. The van der Waals surface area contributed by atoms with Crippen LogP contribution in [0.5, 0.6) is 0 Å². The van der Waals surface area contributed by atoms with E-state index < -0.39 is 0 Å². The molecule has 0 saturated heterocycles. The average molecular weight is 717 g/mol. The standard InChI is InChI=1S/C52H32N2S/c1-2-10-33(11-3-1)34-18-23-38(24-19-34)54-49-29-22-37(31-46(49)44-26-20-35-12-4-5-13-40(35)52(44)54)36-21-28-48-45(30-36)41-14-6-8-16-47(41)53(48)39-25-27-43-42-15-7-9-17-50(42)55-51(43)32-39/h1-32H. The molecule has 256 valence electrons. The van der Waals surface area contributed by atoms with Crippen molar-refractivity contribution in [3.8, 4) is 33.6 Å². The van der Waals surface area contributed by atoms with Gasteiger partial charge < -0.3 is 9.13 Å². The van der Waals surface area contributed by atoms with Crippen molar-refractivity contribution in [1.82, 2.24) is 9.13 Å². The van der Waals surface area contributed by atoms with Gasteiger partial charge >= 0.3 is 0 Å². The van der Waals surface area contributed by atoms with Crippen LogP contribution < -0.4 is 0 Å². The van der Waals surface area contributed by atoms with E-state index in [1.54, 1.807) is 0 Å². The van der Waals surface area contributed by atoms with E-state index in [1.807, 2.05) is 11.3 Å². The fourth-order valence-corrected chi connectivity index (χ4v) is 10.1. The molecule has 0 amide bonds. The van der Waals surface area contributed by atoms with Crippen LogP contribution in [0.4, 0.5) is 0 Å². The Balaban J connectivity index is 1.03. The number of para-hydroxylation sites is 1. The van der Waals surface area contributed by atoms with Crippen LogP contribution in [0.1, 0.15) is 0 Å². The topological polar surface area (TPSA) is 9.86 Å². The zero-order valence-corrected chi connectivity index (χ0v) is 30.6. The molecule has 2 nitrogen and oxygen atoms in total. The third-order valence-corrected chi connectivity index (χ3v) is 12.6. The molecule has 0 bridgehead atoms. The van der Waals surface area contributed by atoms with E-state index in [1.165, 1.54) is 102 Å². The van der Waals surface area contributed by atoms with E-state index in [-0.39, 0.29) is 0 Å². The summed E-state index contributed by atoms with van der Waals surface area (Å²) in [7, 11) is 0. The molecule has 0 unspecified atom stereocenters. The summed E-state index contributed by atoms with van der Waals surface area (Å²) >= 11 is 1.87. The second kappa shape index (κ2) is 11.8. The van der Waals surface area contributed by atoms with E-state index in [4.69, 9.17) is 0 Å². The van der Waals surface area contributed by atoms with Crippen LogP contribution in [-0.2, 0) is 0 Å². The minimum Gasteiger partial charge on any atom is -0.309 e. The Morgan fingerprint density at radius 3 is 1.67 bits per heavy atom. The van der Waals surface area contributed by atoms with Crippen molar-refractivity contribution < 1.29 is 0 Å². The smallest absolute Gasteiger partial charge is 0.0619 e. The number of hydrogen-bond donors (Lipinski definition) is 0. The monoisotopic (exact) mass is 716 g/mol. The van der Waals surface area contributed by atoms with Gasteiger partial charge in [-0.3, -0.25) is 0 Å². The molecular weight excluding hydrogens is 685 g/mol. The molecule has 9 aromatic carbocycles. The third-order valence-electron chi connectivity index (χ3n) is 11.5. The van der Waals surface area contributed by atoms with E-state index in [0.717, 1.165) is 5.69 Å². The second-order valence-electron chi connectivity index (χ2n) is 14.5. The van der Waals surface area contributed by atoms with Crippen LogP contribution in [0.25, 0.3) is 108 Å². The van der Waals surface area contributed by atoms with Crippen LogP contribution in [0.2, 0.25) is 0 Å². The molecule has 0 aliphatic carbocycles. The van der Waals surface area contributed by atoms with Crippen molar-refractivity contribution in [1.29, 1.82) is 0 Å². The summed E-state index contributed by atoms with van der Waals surface area (Å²) in [5.74, 6) is 0. The summed E-state index contributed by atoms with van der Waals surface area (Å²) in [5.41, 5.74) is 12.1. The maximum absolute atomic E-state index is 2.45. The van der Waals surface area contributed by atoms with E-state index in [9.17, 15) is 0 Å². The number of thiophene rings is 1. The van der Waals surface area contributed by atoms with E-state index in [2.05, 4.69) is 203 Å². The summed E-state index contributed by atoms with van der Waals surface area (Å²) in [4.78, 5) is 0. The van der Waals surface area contributed by atoms with Crippen LogP contribution in [-0.4, -0.2) is 9.13 Å². The Labute approximate surface area is 321 Å². The minimum atomic E-state index is 1.16. The van der Waals surface area contributed by atoms with Crippen LogP contribution >= 0.6 is 11.3 Å². The predicted molar refractivity (Wildman–Crippen MR) is 236 cm³/mol. The van der Waals surface area contributed by atoms with Gasteiger partial charge in [0.1, 0.15) is 0 Å². The molecule has 12 aromatic rings. The molecule has 0 atom stereocenters. The first-order chi connectivity index (χ1) is 27.3. The van der Waals surface area contributed by atoms with E-state index >= 15 is 0 Å². The molecule has 3 heteroatoms. The number of aromatic nitrogens is 2. The molecule has 0 aliphatic rings. The Kier molecular flexibility index (Phi) is 6.54. The normalized spacial score (nSPS) is 12.0. The first-order valence-corrected chi connectivity index (χ1v) is 19.7. The predicted octanol–water partition coefficient (Wildman–Crippen LogP) is 14.7. The van der Waals surface area contributed by atoms with Crippen molar-refractivity contribution in [3.05, 3.63) is 194 Å². The van der Waals surface area contributed by atoms with Gasteiger partial charge in [0.15, 0.2) is 0 Å². The van der Waals surface area contributed by atoms with Gasteiger partial charge in [-0.25, -0.2) is 0 Å². The van der Waals surface area contributed by atoms with Crippen molar-refractivity contribution >= 4 is 85.9 Å². The van der Waals surface area contributed by atoms with Gasteiger partial charge in [-0.05, 0) is 88.3 Å². The highest BCUT2D eigenvalue weighted by atomic mass is 32.1. The first kappa shape index (κ1) is 30.5. The molecule has 0 saturated carbocycles. The lowest BCUT2D eigenvalue weighted by Crippen LogP contribution is -1.94. The molecule has 0 fully saturated rings. The average Bonchev–Trinajstić information content (AvgIpc) is 3.91. The van der Waals surface area contributed by atoms with Crippen molar-refractivity contribution in [2.45, 2.75) is 0 Å². The minimum absolute atomic E-state index is 1.16. The van der Waals surface area contributed by atoms with Gasteiger partial charge in [-0.1, -0.05) is 133 Å². The first-order valence-electron chi connectivity index (χ1n) is 18.8. The van der Waals surface area contributed by atoms with Gasteiger partial charge in [0.2, 0.25) is 0 Å². The summed E-state index contributed by atoms with van der Waals surface area (Å²) in [6.07, 6.45) is 0. The molecule has 0 aliphatic heterocycles.